The fourth-order valence-electron chi connectivity index (χ4n) is 4.07. The van der Waals surface area contributed by atoms with Crippen LogP contribution in [-0.2, 0) is 10.0 Å². The molecule has 9 heteroatoms. The molecule has 2 heterocycles. The molecule has 0 saturated carbocycles. The van der Waals surface area contributed by atoms with Crippen LogP contribution in [0.2, 0.25) is 0 Å². The van der Waals surface area contributed by atoms with E-state index in [0.29, 0.717) is 24.0 Å². The summed E-state index contributed by atoms with van der Waals surface area (Å²) in [5.74, 6) is -0.00174. The van der Waals surface area contributed by atoms with E-state index >= 15 is 0 Å². The number of carbonyl (C=O) groups excluding carboxylic acids is 1. The van der Waals surface area contributed by atoms with E-state index in [9.17, 15) is 18.0 Å². The number of rotatable bonds is 4. The van der Waals surface area contributed by atoms with Gasteiger partial charge in [-0.25, -0.2) is 13.4 Å². The number of benzene rings is 2. The van der Waals surface area contributed by atoms with E-state index in [1.807, 2.05) is 13.8 Å². The number of nitrogens with zero attached hydrogens (tertiary/aromatic N) is 2. The smallest absolute Gasteiger partial charge is 0.260 e. The van der Waals surface area contributed by atoms with Crippen LogP contribution in [0.25, 0.3) is 10.9 Å². The molecule has 0 aliphatic carbocycles. The monoisotopic (exact) mass is 440 g/mol. The molecule has 1 saturated heterocycles. The van der Waals surface area contributed by atoms with Crippen molar-refractivity contribution in [2.75, 3.05) is 18.4 Å². The van der Waals surface area contributed by atoms with Gasteiger partial charge in [0.2, 0.25) is 16.0 Å². The molecule has 3 aromatic rings. The summed E-state index contributed by atoms with van der Waals surface area (Å²) in [4.78, 5) is 31.8. The zero-order valence-electron chi connectivity index (χ0n) is 17.3. The van der Waals surface area contributed by atoms with Crippen molar-refractivity contribution in [3.8, 4) is 0 Å². The molecule has 2 atom stereocenters. The Morgan fingerprint density at radius 1 is 1.10 bits per heavy atom. The van der Waals surface area contributed by atoms with E-state index in [1.54, 1.807) is 24.3 Å². The van der Waals surface area contributed by atoms with Crippen molar-refractivity contribution in [1.82, 2.24) is 14.3 Å². The topological polar surface area (TPSA) is 112 Å². The van der Waals surface area contributed by atoms with Crippen LogP contribution >= 0.6 is 0 Å². The van der Waals surface area contributed by atoms with Crippen molar-refractivity contribution in [2.24, 2.45) is 11.8 Å². The Bertz CT molecular complexity index is 1290. The quantitative estimate of drug-likeness (QED) is 0.648. The van der Waals surface area contributed by atoms with Gasteiger partial charge in [0, 0.05) is 18.7 Å². The maximum Gasteiger partial charge on any atom is 0.260 e. The van der Waals surface area contributed by atoms with Crippen molar-refractivity contribution >= 4 is 32.8 Å². The number of carbonyl (C=O) groups is 1. The first-order valence-electron chi connectivity index (χ1n) is 10.1. The van der Waals surface area contributed by atoms with Crippen molar-refractivity contribution in [2.45, 2.75) is 25.2 Å². The Hall–Kier alpha value is -3.04. The zero-order chi connectivity index (χ0) is 22.2. The average molecular weight is 441 g/mol. The number of hydrogen-bond donors (Lipinski definition) is 2. The van der Waals surface area contributed by atoms with Crippen molar-refractivity contribution in [1.29, 1.82) is 0 Å². The molecule has 2 N–H and O–H groups in total. The standard InChI is InChI=1S/C22H24N4O4S/c1-14-10-15(2)13-26(12-14)31(29,30)17-7-5-6-16(11-17)20(27)24-22-23-19-9-4-3-8-18(19)21(28)25-22/h3-9,11,14-15H,10,12-13H2,1-2H3,(H2,23,24,25,27,28). The maximum absolute atomic E-state index is 13.1. The summed E-state index contributed by atoms with van der Waals surface area (Å²) in [6.07, 6.45) is 0.991. The first-order valence-corrected chi connectivity index (χ1v) is 11.6. The van der Waals surface area contributed by atoms with Crippen LogP contribution in [0.5, 0.6) is 0 Å². The fourth-order valence-corrected chi connectivity index (χ4v) is 5.80. The number of fused-ring (bicyclic) bond motifs is 1. The van der Waals surface area contributed by atoms with Crippen molar-refractivity contribution < 1.29 is 13.2 Å². The van der Waals surface area contributed by atoms with Gasteiger partial charge in [0.15, 0.2) is 0 Å². The number of amides is 1. The Kier molecular flexibility index (Phi) is 5.63. The number of piperidine rings is 1. The summed E-state index contributed by atoms with van der Waals surface area (Å²) in [6.45, 7) is 5.01. The molecule has 1 aliphatic rings. The SMILES string of the molecule is CC1CC(C)CN(S(=O)(=O)c2cccc(C(=O)Nc3nc4ccccc4c(=O)[nH]3)c2)C1. The zero-order valence-corrected chi connectivity index (χ0v) is 18.1. The second kappa shape index (κ2) is 8.24. The van der Waals surface area contributed by atoms with Crippen LogP contribution in [0.1, 0.15) is 30.6 Å². The lowest BCUT2D eigenvalue weighted by Gasteiger charge is -2.34. The predicted molar refractivity (Wildman–Crippen MR) is 118 cm³/mol. The molecule has 1 aromatic heterocycles. The highest BCUT2D eigenvalue weighted by Crippen LogP contribution is 2.27. The van der Waals surface area contributed by atoms with Gasteiger partial charge >= 0.3 is 0 Å². The minimum atomic E-state index is -3.71. The van der Waals surface area contributed by atoms with Gasteiger partial charge in [0.1, 0.15) is 0 Å². The van der Waals surface area contributed by atoms with Crippen LogP contribution in [0.4, 0.5) is 5.95 Å². The van der Waals surface area contributed by atoms with Gasteiger partial charge < -0.3 is 0 Å². The van der Waals surface area contributed by atoms with E-state index < -0.39 is 15.9 Å². The first kappa shape index (κ1) is 21.2. The van der Waals surface area contributed by atoms with Crippen molar-refractivity contribution in [3.05, 3.63) is 64.4 Å². The molecule has 8 nitrogen and oxygen atoms in total. The van der Waals surface area contributed by atoms with Crippen LogP contribution in [-0.4, -0.2) is 41.7 Å². The van der Waals surface area contributed by atoms with Crippen molar-refractivity contribution in [3.63, 3.8) is 0 Å². The molecule has 1 amide bonds. The second-order valence-electron chi connectivity index (χ2n) is 8.18. The Labute approximate surface area is 180 Å². The normalized spacial score (nSPS) is 19.9. The summed E-state index contributed by atoms with van der Waals surface area (Å²) in [7, 11) is -3.71. The molecule has 1 aliphatic heterocycles. The van der Waals surface area contributed by atoms with E-state index in [-0.39, 0.29) is 33.8 Å². The maximum atomic E-state index is 13.1. The van der Waals surface area contributed by atoms with Crippen LogP contribution in [0.3, 0.4) is 0 Å². The predicted octanol–water partition coefficient (Wildman–Crippen LogP) is 2.84. The van der Waals surface area contributed by atoms with Gasteiger partial charge in [-0.15, -0.1) is 0 Å². The lowest BCUT2D eigenvalue weighted by Crippen LogP contribution is -2.42. The molecule has 4 rings (SSSR count). The van der Waals surface area contributed by atoms with Gasteiger partial charge in [-0.2, -0.15) is 4.31 Å². The molecular weight excluding hydrogens is 416 g/mol. The van der Waals surface area contributed by atoms with Crippen LogP contribution < -0.4 is 10.9 Å². The molecule has 0 bridgehead atoms. The summed E-state index contributed by atoms with van der Waals surface area (Å²) in [5.41, 5.74) is 0.242. The summed E-state index contributed by atoms with van der Waals surface area (Å²) in [6, 6.07) is 12.7. The molecule has 0 spiro atoms. The molecule has 31 heavy (non-hydrogen) atoms. The van der Waals surface area contributed by atoms with Gasteiger partial charge in [-0.1, -0.05) is 32.0 Å². The number of aromatic nitrogens is 2. The highest BCUT2D eigenvalue weighted by atomic mass is 32.2. The molecular formula is C22H24N4O4S. The third kappa shape index (κ3) is 4.38. The molecule has 0 radical (unpaired) electrons. The lowest BCUT2D eigenvalue weighted by atomic mass is 9.94. The molecule has 162 valence electrons. The summed E-state index contributed by atoms with van der Waals surface area (Å²) >= 11 is 0. The first-order chi connectivity index (χ1) is 14.7. The Balaban J connectivity index is 1.59. The number of anilines is 1. The number of H-pyrrole nitrogens is 1. The molecule has 2 unspecified atom stereocenters. The Morgan fingerprint density at radius 3 is 2.55 bits per heavy atom. The number of hydrogen-bond acceptors (Lipinski definition) is 5. The Morgan fingerprint density at radius 2 is 1.81 bits per heavy atom. The van der Waals surface area contributed by atoms with Gasteiger partial charge in [0.05, 0.1) is 15.8 Å². The van der Waals surface area contributed by atoms with E-state index in [1.165, 1.54) is 28.6 Å². The number of para-hydroxylation sites is 1. The molecule has 2 aromatic carbocycles. The number of sulfonamides is 1. The highest BCUT2D eigenvalue weighted by Gasteiger charge is 2.32. The van der Waals surface area contributed by atoms with Gasteiger partial charge in [-0.05, 0) is 48.6 Å². The van der Waals surface area contributed by atoms with E-state index in [0.717, 1.165) is 6.42 Å². The third-order valence-corrected chi connectivity index (χ3v) is 7.24. The van der Waals surface area contributed by atoms with Gasteiger partial charge in [0.25, 0.3) is 11.5 Å². The van der Waals surface area contributed by atoms with Crippen LogP contribution in [0, 0.1) is 11.8 Å². The number of aromatic amines is 1. The second-order valence-corrected chi connectivity index (χ2v) is 10.1. The summed E-state index contributed by atoms with van der Waals surface area (Å²) in [5, 5.41) is 2.96. The largest absolute Gasteiger partial charge is 0.292 e. The van der Waals surface area contributed by atoms with Gasteiger partial charge in [-0.3, -0.25) is 19.9 Å². The summed E-state index contributed by atoms with van der Waals surface area (Å²) < 4.78 is 27.8. The van der Waals surface area contributed by atoms with E-state index in [4.69, 9.17) is 0 Å². The highest BCUT2D eigenvalue weighted by molar-refractivity contribution is 7.89. The third-order valence-electron chi connectivity index (χ3n) is 5.41. The lowest BCUT2D eigenvalue weighted by molar-refractivity contribution is 0.102. The molecule has 1 fully saturated rings. The average Bonchev–Trinajstić information content (AvgIpc) is 2.73. The number of nitrogens with one attached hydrogen (secondary N) is 2. The minimum absolute atomic E-state index is 0.000593. The van der Waals surface area contributed by atoms with E-state index in [2.05, 4.69) is 15.3 Å². The fraction of sp³-hybridized carbons (Fsp3) is 0.318. The minimum Gasteiger partial charge on any atom is -0.292 e. The van der Waals surface area contributed by atoms with Crippen LogP contribution in [0.15, 0.2) is 58.2 Å².